The van der Waals surface area contributed by atoms with E-state index in [0.717, 1.165) is 71.1 Å². The third-order valence-electron chi connectivity index (χ3n) is 10.5. The summed E-state index contributed by atoms with van der Waals surface area (Å²) in [5.74, 6) is -0.103. The first kappa shape index (κ1) is 32.7. The van der Waals surface area contributed by atoms with Gasteiger partial charge in [0.25, 0.3) is 0 Å². The number of hydrogen-bond donors (Lipinski definition) is 3. The van der Waals surface area contributed by atoms with E-state index in [1.165, 1.54) is 13.0 Å². The Morgan fingerprint density at radius 3 is 2.54 bits per heavy atom. The second-order valence-electron chi connectivity index (χ2n) is 13.6. The number of rotatable bonds is 8. The predicted octanol–water partition coefficient (Wildman–Crippen LogP) is 6.46. The fourth-order valence-electron chi connectivity index (χ4n) is 8.33. The van der Waals surface area contributed by atoms with Crippen molar-refractivity contribution in [1.29, 1.82) is 0 Å². The lowest BCUT2D eigenvalue weighted by Crippen LogP contribution is -2.43. The quantitative estimate of drug-likeness (QED) is 0.240. The van der Waals surface area contributed by atoms with Gasteiger partial charge in [0.1, 0.15) is 23.8 Å². The minimum Gasteiger partial charge on any atom is -0.461 e. The number of benzene rings is 1. The van der Waals surface area contributed by atoms with Crippen molar-refractivity contribution in [2.75, 3.05) is 44.3 Å². The molecule has 6 rings (SSSR count). The van der Waals surface area contributed by atoms with Crippen LogP contribution in [-0.4, -0.2) is 58.2 Å². The summed E-state index contributed by atoms with van der Waals surface area (Å²) in [4.78, 5) is 15.6. The smallest absolute Gasteiger partial charge is 0.418 e. The Bertz CT molecular complexity index is 1600. The second-order valence-corrected chi connectivity index (χ2v) is 13.6. The molecule has 12 heteroatoms. The minimum atomic E-state index is -4.79. The van der Waals surface area contributed by atoms with Crippen molar-refractivity contribution in [3.63, 3.8) is 0 Å². The summed E-state index contributed by atoms with van der Waals surface area (Å²) >= 11 is 0. The summed E-state index contributed by atoms with van der Waals surface area (Å²) in [7, 11) is 0. The molecule has 0 saturated carbocycles. The third-order valence-corrected chi connectivity index (χ3v) is 10.5. The molecular weight excluding hydrogens is 598 g/mol. The van der Waals surface area contributed by atoms with Gasteiger partial charge >= 0.3 is 12.2 Å². The first-order chi connectivity index (χ1) is 21.9. The molecular formula is C34H45F4N7O. The summed E-state index contributed by atoms with van der Waals surface area (Å²) in [6.45, 7) is 9.50. The number of aryl methyl sites for hydroxylation is 2. The van der Waals surface area contributed by atoms with Crippen molar-refractivity contribution in [3.8, 4) is 17.3 Å². The van der Waals surface area contributed by atoms with Crippen molar-refractivity contribution >= 4 is 22.5 Å². The Hall–Kier alpha value is -3.25. The molecule has 0 spiro atoms. The maximum atomic E-state index is 17.0. The number of anilines is 2. The average molecular weight is 644 g/mol. The monoisotopic (exact) mass is 643 g/mol. The molecule has 5 N–H and O–H groups in total. The molecule has 2 aromatic heterocycles. The van der Waals surface area contributed by atoms with Crippen molar-refractivity contribution in [3.05, 3.63) is 34.1 Å². The van der Waals surface area contributed by atoms with Crippen LogP contribution in [0.1, 0.15) is 81.0 Å². The van der Waals surface area contributed by atoms with Gasteiger partial charge in [0, 0.05) is 10.9 Å². The van der Waals surface area contributed by atoms with Crippen LogP contribution in [0.3, 0.4) is 0 Å². The average Bonchev–Trinajstić information content (AvgIpc) is 3.49. The van der Waals surface area contributed by atoms with E-state index < -0.39 is 23.3 Å². The second kappa shape index (κ2) is 12.7. The number of hydrogen-bond acceptors (Lipinski definition) is 8. The van der Waals surface area contributed by atoms with Gasteiger partial charge in [-0.3, -0.25) is 4.90 Å². The zero-order valence-electron chi connectivity index (χ0n) is 27.0. The highest BCUT2D eigenvalue weighted by Crippen LogP contribution is 2.45. The topological polar surface area (TPSA) is 115 Å². The van der Waals surface area contributed by atoms with Crippen LogP contribution in [0.4, 0.5) is 29.2 Å². The highest BCUT2D eigenvalue weighted by atomic mass is 19.4. The van der Waals surface area contributed by atoms with Gasteiger partial charge in [0.05, 0.1) is 16.8 Å². The molecule has 0 aliphatic carbocycles. The van der Waals surface area contributed by atoms with E-state index in [-0.39, 0.29) is 46.2 Å². The van der Waals surface area contributed by atoms with Gasteiger partial charge in [0.2, 0.25) is 0 Å². The molecule has 2 atom stereocenters. The molecule has 0 radical (unpaired) electrons. The lowest BCUT2D eigenvalue weighted by molar-refractivity contribution is -0.137. The van der Waals surface area contributed by atoms with E-state index in [4.69, 9.17) is 16.2 Å². The molecule has 3 fully saturated rings. The Morgan fingerprint density at radius 2 is 1.85 bits per heavy atom. The zero-order valence-corrected chi connectivity index (χ0v) is 27.0. The van der Waals surface area contributed by atoms with Crippen LogP contribution in [0.2, 0.25) is 0 Å². The molecule has 5 heterocycles. The van der Waals surface area contributed by atoms with E-state index >= 15 is 4.39 Å². The fourth-order valence-corrected chi connectivity index (χ4v) is 8.33. The summed E-state index contributed by atoms with van der Waals surface area (Å²) in [6.07, 6.45) is 2.93. The largest absolute Gasteiger partial charge is 0.461 e. The highest BCUT2D eigenvalue weighted by molar-refractivity contribution is 5.97. The van der Waals surface area contributed by atoms with E-state index in [9.17, 15) is 13.2 Å². The van der Waals surface area contributed by atoms with Crippen molar-refractivity contribution in [2.45, 2.75) is 90.3 Å². The number of ether oxygens (including phenoxy) is 1. The number of nitrogen functional groups attached to an aromatic ring is 2. The van der Waals surface area contributed by atoms with E-state index in [1.807, 2.05) is 0 Å². The molecule has 2 unspecified atom stereocenters. The first-order valence-corrected chi connectivity index (χ1v) is 16.7. The van der Waals surface area contributed by atoms with Gasteiger partial charge in [-0.1, -0.05) is 13.8 Å². The Morgan fingerprint density at radius 1 is 1.11 bits per heavy atom. The van der Waals surface area contributed by atoms with Crippen LogP contribution < -0.4 is 21.5 Å². The number of alkyl halides is 3. The van der Waals surface area contributed by atoms with Crippen molar-refractivity contribution in [1.82, 2.24) is 25.2 Å². The number of nitrogens with one attached hydrogen (secondary N) is 1. The number of nitrogens with zero attached hydrogens (tertiary/aromatic N) is 4. The molecule has 3 aliphatic heterocycles. The van der Waals surface area contributed by atoms with Gasteiger partial charge < -0.3 is 21.5 Å². The molecule has 3 aliphatic rings. The van der Waals surface area contributed by atoms with Crippen LogP contribution in [0.5, 0.6) is 6.01 Å². The van der Waals surface area contributed by atoms with Crippen LogP contribution in [0.25, 0.3) is 22.2 Å². The Kier molecular flexibility index (Phi) is 9.06. The maximum Gasteiger partial charge on any atom is 0.418 e. The molecule has 3 aromatic rings. The molecule has 3 saturated heterocycles. The van der Waals surface area contributed by atoms with Crippen molar-refractivity contribution in [2.24, 2.45) is 11.8 Å². The zero-order chi connectivity index (χ0) is 32.8. The summed E-state index contributed by atoms with van der Waals surface area (Å²) in [6, 6.07) is 1.09. The predicted molar refractivity (Wildman–Crippen MR) is 172 cm³/mol. The molecule has 8 nitrogen and oxygen atoms in total. The molecule has 46 heavy (non-hydrogen) atoms. The molecule has 0 amide bonds. The van der Waals surface area contributed by atoms with Gasteiger partial charge in [-0.05, 0) is 125 Å². The van der Waals surface area contributed by atoms with Gasteiger partial charge in [-0.15, -0.1) is 0 Å². The fraction of sp³-hybridized carbons (Fsp3) is 0.618. The van der Waals surface area contributed by atoms with E-state index in [1.54, 1.807) is 6.92 Å². The molecule has 1 aromatic carbocycles. The lowest BCUT2D eigenvalue weighted by Gasteiger charge is -2.31. The minimum absolute atomic E-state index is 0.0578. The Balaban J connectivity index is 1.52. The van der Waals surface area contributed by atoms with Crippen LogP contribution in [0.15, 0.2) is 6.07 Å². The number of nitrogens with two attached hydrogens (primary N) is 2. The Labute approximate surface area is 267 Å². The highest BCUT2D eigenvalue weighted by Gasteiger charge is 2.45. The lowest BCUT2D eigenvalue weighted by atomic mass is 9.85. The maximum absolute atomic E-state index is 17.0. The summed E-state index contributed by atoms with van der Waals surface area (Å²) < 4.78 is 66.8. The van der Waals surface area contributed by atoms with Gasteiger partial charge in [-0.25, -0.2) is 9.37 Å². The van der Waals surface area contributed by atoms with Gasteiger partial charge in [-0.2, -0.15) is 23.1 Å². The first-order valence-electron chi connectivity index (χ1n) is 16.7. The molecule has 0 bridgehead atoms. The number of fused-ring (bicyclic) bond motifs is 2. The summed E-state index contributed by atoms with van der Waals surface area (Å²) in [5.41, 5.74) is 11.5. The van der Waals surface area contributed by atoms with Crippen LogP contribution in [-0.2, 0) is 19.0 Å². The van der Waals surface area contributed by atoms with Gasteiger partial charge in [0.15, 0.2) is 5.82 Å². The van der Waals surface area contributed by atoms with Crippen LogP contribution >= 0.6 is 0 Å². The number of pyridine rings is 1. The van der Waals surface area contributed by atoms with E-state index in [0.29, 0.717) is 41.4 Å². The SMILES string of the molecule is CCc1c(-c2nc(N)cc(C)c2C(F)(F)F)c(F)c2nc(OCC34CCCN3CCC4)nc(N)c2c1CCC1CNCCC(C)C1. The van der Waals surface area contributed by atoms with Crippen LogP contribution in [0, 0.1) is 24.6 Å². The number of halogens is 4. The number of aromatic nitrogens is 3. The molecule has 250 valence electrons. The standard InChI is InChI=1S/C34H45F4N7O/c1-4-22-23(8-7-21-15-19(2)9-12-41-17-21)26-30(28(35)25(22)29-27(34(36,37)38)20(3)16-24(39)42-29)43-32(44-31(26)40)46-18-33-10-5-13-45(33)14-6-11-33/h16,19,21,41H,4-15,17-18H2,1-3H3,(H2,39,42)(H2,40,43,44). The van der Waals surface area contributed by atoms with E-state index in [2.05, 4.69) is 32.1 Å². The van der Waals surface area contributed by atoms with Crippen molar-refractivity contribution < 1.29 is 22.3 Å². The third kappa shape index (κ3) is 6.10. The summed E-state index contributed by atoms with van der Waals surface area (Å²) in [5, 5.41) is 3.84. The normalized spacial score (nSPS) is 21.9.